The average molecular weight is 279 g/mol. The molecule has 0 fully saturated rings. The van der Waals surface area contributed by atoms with Gasteiger partial charge in [0.15, 0.2) is 0 Å². The smallest absolute Gasteiger partial charge is 0.251 e. The molecule has 0 radical (unpaired) electrons. The molecule has 1 atom stereocenters. The molecule has 0 saturated carbocycles. The van der Waals surface area contributed by atoms with E-state index in [9.17, 15) is 9.90 Å². The van der Waals surface area contributed by atoms with Gasteiger partial charge in [-0.15, -0.1) is 0 Å². The summed E-state index contributed by atoms with van der Waals surface area (Å²) < 4.78 is 5.20. The standard InChI is InChI=1S/C16H25NO3/c1-11(2)9-16(4,19)10-17-15(18)13-7-6-12(3)14(8-13)20-5/h6-8,11,19H,9-10H2,1-5H3,(H,17,18). The Bertz CT molecular complexity index is 467. The van der Waals surface area contributed by atoms with Gasteiger partial charge in [-0.05, 0) is 43.9 Å². The number of hydrogen-bond donors (Lipinski definition) is 2. The number of hydrogen-bond acceptors (Lipinski definition) is 3. The predicted octanol–water partition coefficient (Wildman–Crippen LogP) is 2.53. The van der Waals surface area contributed by atoms with Gasteiger partial charge in [0.1, 0.15) is 5.75 Å². The summed E-state index contributed by atoms with van der Waals surface area (Å²) in [5.41, 5.74) is 0.627. The molecule has 0 spiro atoms. The predicted molar refractivity (Wildman–Crippen MR) is 80.1 cm³/mol. The van der Waals surface area contributed by atoms with Crippen LogP contribution >= 0.6 is 0 Å². The molecule has 4 nitrogen and oxygen atoms in total. The Morgan fingerprint density at radius 1 is 1.45 bits per heavy atom. The van der Waals surface area contributed by atoms with Gasteiger partial charge in [-0.3, -0.25) is 4.79 Å². The molecule has 1 aromatic carbocycles. The molecular formula is C16H25NO3. The lowest BCUT2D eigenvalue weighted by molar-refractivity contribution is 0.0368. The lowest BCUT2D eigenvalue weighted by atomic mass is 9.94. The number of nitrogens with one attached hydrogen (secondary N) is 1. The van der Waals surface area contributed by atoms with Gasteiger partial charge in [0, 0.05) is 12.1 Å². The number of carbonyl (C=O) groups excluding carboxylic acids is 1. The lowest BCUT2D eigenvalue weighted by Crippen LogP contribution is -2.41. The highest BCUT2D eigenvalue weighted by molar-refractivity contribution is 5.94. The third kappa shape index (κ3) is 4.85. The highest BCUT2D eigenvalue weighted by atomic mass is 16.5. The summed E-state index contributed by atoms with van der Waals surface area (Å²) in [7, 11) is 1.58. The van der Waals surface area contributed by atoms with Crippen LogP contribution in [0.25, 0.3) is 0 Å². The summed E-state index contributed by atoms with van der Waals surface area (Å²) >= 11 is 0. The van der Waals surface area contributed by atoms with Crippen molar-refractivity contribution >= 4 is 5.91 Å². The summed E-state index contributed by atoms with van der Waals surface area (Å²) in [4.78, 5) is 12.1. The molecule has 0 aliphatic heterocycles. The van der Waals surface area contributed by atoms with Gasteiger partial charge in [0.2, 0.25) is 0 Å². The largest absolute Gasteiger partial charge is 0.496 e. The first-order valence-corrected chi connectivity index (χ1v) is 6.90. The van der Waals surface area contributed by atoms with Crippen LogP contribution in [0.15, 0.2) is 18.2 Å². The third-order valence-corrected chi connectivity index (χ3v) is 3.15. The summed E-state index contributed by atoms with van der Waals surface area (Å²) in [5.74, 6) is 0.861. The molecule has 1 rings (SSSR count). The molecule has 0 aromatic heterocycles. The normalized spacial score (nSPS) is 13.9. The number of aryl methyl sites for hydroxylation is 1. The van der Waals surface area contributed by atoms with Crippen LogP contribution in [0.3, 0.4) is 0 Å². The van der Waals surface area contributed by atoms with Crippen molar-refractivity contribution in [2.24, 2.45) is 5.92 Å². The molecule has 1 unspecified atom stereocenters. The monoisotopic (exact) mass is 279 g/mol. The molecule has 0 saturated heterocycles. The zero-order valence-electron chi connectivity index (χ0n) is 13.0. The van der Waals surface area contributed by atoms with Gasteiger partial charge in [0.05, 0.1) is 12.7 Å². The van der Waals surface area contributed by atoms with Gasteiger partial charge in [-0.1, -0.05) is 19.9 Å². The first-order valence-electron chi connectivity index (χ1n) is 6.90. The summed E-state index contributed by atoms with van der Waals surface area (Å²) in [6.45, 7) is 7.99. The molecule has 0 heterocycles. The second kappa shape index (κ2) is 6.75. The maximum Gasteiger partial charge on any atom is 0.251 e. The van der Waals surface area contributed by atoms with Crippen molar-refractivity contribution < 1.29 is 14.6 Å². The maximum absolute atomic E-state index is 12.1. The number of carbonyl (C=O) groups is 1. The van der Waals surface area contributed by atoms with Crippen molar-refractivity contribution in [3.63, 3.8) is 0 Å². The molecule has 2 N–H and O–H groups in total. The van der Waals surface area contributed by atoms with E-state index in [0.29, 0.717) is 23.7 Å². The maximum atomic E-state index is 12.1. The third-order valence-electron chi connectivity index (χ3n) is 3.15. The highest BCUT2D eigenvalue weighted by Gasteiger charge is 2.22. The van der Waals surface area contributed by atoms with Crippen molar-refractivity contribution in [1.29, 1.82) is 0 Å². The van der Waals surface area contributed by atoms with Crippen molar-refractivity contribution in [3.05, 3.63) is 29.3 Å². The molecule has 0 aliphatic carbocycles. The summed E-state index contributed by atoms with van der Waals surface area (Å²) in [5, 5.41) is 13.0. The molecule has 4 heteroatoms. The van der Waals surface area contributed by atoms with Gasteiger partial charge in [0.25, 0.3) is 5.91 Å². The molecule has 1 amide bonds. The number of amides is 1. The second-order valence-electron chi connectivity index (χ2n) is 5.96. The fourth-order valence-electron chi connectivity index (χ4n) is 2.29. The van der Waals surface area contributed by atoms with Gasteiger partial charge >= 0.3 is 0 Å². The minimum absolute atomic E-state index is 0.202. The van der Waals surface area contributed by atoms with Crippen molar-refractivity contribution in [1.82, 2.24) is 5.32 Å². The van der Waals surface area contributed by atoms with Crippen molar-refractivity contribution in [2.45, 2.75) is 39.7 Å². The topological polar surface area (TPSA) is 58.6 Å². The van der Waals surface area contributed by atoms with Crippen molar-refractivity contribution in [3.8, 4) is 5.75 Å². The Morgan fingerprint density at radius 2 is 2.10 bits per heavy atom. The first-order chi connectivity index (χ1) is 9.25. The van der Waals surface area contributed by atoms with Gasteiger partial charge in [-0.2, -0.15) is 0 Å². The van der Waals surface area contributed by atoms with E-state index in [-0.39, 0.29) is 12.5 Å². The van der Waals surface area contributed by atoms with Crippen LogP contribution in [0.5, 0.6) is 5.75 Å². The van der Waals surface area contributed by atoms with Gasteiger partial charge in [-0.25, -0.2) is 0 Å². The van der Waals surface area contributed by atoms with E-state index < -0.39 is 5.60 Å². The SMILES string of the molecule is COc1cc(C(=O)NCC(C)(O)CC(C)C)ccc1C. The molecular weight excluding hydrogens is 254 g/mol. The van der Waals surface area contributed by atoms with Crippen LogP contribution in [0, 0.1) is 12.8 Å². The van der Waals surface area contributed by atoms with E-state index in [2.05, 4.69) is 5.32 Å². The first kappa shape index (κ1) is 16.5. The minimum atomic E-state index is -0.890. The fraction of sp³-hybridized carbons (Fsp3) is 0.562. The molecule has 0 bridgehead atoms. The Hall–Kier alpha value is -1.55. The zero-order valence-corrected chi connectivity index (χ0v) is 13.0. The highest BCUT2D eigenvalue weighted by Crippen LogP contribution is 2.19. The lowest BCUT2D eigenvalue weighted by Gasteiger charge is -2.25. The fourth-order valence-corrected chi connectivity index (χ4v) is 2.29. The van der Waals surface area contributed by atoms with E-state index in [4.69, 9.17) is 4.74 Å². The Morgan fingerprint density at radius 3 is 2.65 bits per heavy atom. The second-order valence-corrected chi connectivity index (χ2v) is 5.96. The number of benzene rings is 1. The quantitative estimate of drug-likeness (QED) is 0.841. The zero-order chi connectivity index (χ0) is 15.3. The summed E-state index contributed by atoms with van der Waals surface area (Å²) in [6.07, 6.45) is 0.643. The number of aliphatic hydroxyl groups is 1. The van der Waals surface area contributed by atoms with E-state index in [1.54, 1.807) is 26.2 Å². The van der Waals surface area contributed by atoms with Crippen molar-refractivity contribution in [2.75, 3.05) is 13.7 Å². The van der Waals surface area contributed by atoms with E-state index in [1.165, 1.54) is 0 Å². The summed E-state index contributed by atoms with van der Waals surface area (Å²) in [6, 6.07) is 5.31. The van der Waals surface area contributed by atoms with Crippen LogP contribution in [0.1, 0.15) is 43.1 Å². The van der Waals surface area contributed by atoms with Crippen LogP contribution < -0.4 is 10.1 Å². The van der Waals surface area contributed by atoms with Crippen LogP contribution in [0.4, 0.5) is 0 Å². The van der Waals surface area contributed by atoms with E-state index >= 15 is 0 Å². The molecule has 1 aromatic rings. The Kier molecular flexibility index (Phi) is 5.57. The molecule has 112 valence electrons. The van der Waals surface area contributed by atoms with Gasteiger partial charge < -0.3 is 15.2 Å². The van der Waals surface area contributed by atoms with Crippen LogP contribution in [0.2, 0.25) is 0 Å². The van der Waals surface area contributed by atoms with Crippen LogP contribution in [-0.2, 0) is 0 Å². The average Bonchev–Trinajstić information content (AvgIpc) is 2.35. The minimum Gasteiger partial charge on any atom is -0.496 e. The van der Waals surface area contributed by atoms with E-state index in [0.717, 1.165) is 5.56 Å². The van der Waals surface area contributed by atoms with E-state index in [1.807, 2.05) is 26.8 Å². The number of methoxy groups -OCH3 is 1. The number of rotatable bonds is 6. The number of ether oxygens (including phenoxy) is 1. The molecule has 20 heavy (non-hydrogen) atoms. The Balaban J connectivity index is 2.68. The van der Waals surface area contributed by atoms with Crippen LogP contribution in [-0.4, -0.2) is 30.3 Å². The molecule has 0 aliphatic rings. The Labute approximate surface area is 121 Å².